The first-order chi connectivity index (χ1) is 9.56. The summed E-state index contributed by atoms with van der Waals surface area (Å²) < 4.78 is 13.2. The standard InChI is InChI=1S/C14H9Cl2FN2S/c1-20-13-4-2-3-12(9(13)7-18)19-14-10(15)5-8(17)6-11(14)16/h2-6,19H,1H3. The maximum absolute atomic E-state index is 13.2. The number of nitrogens with one attached hydrogen (secondary N) is 1. The van der Waals surface area contributed by atoms with Gasteiger partial charge in [-0.2, -0.15) is 5.26 Å². The highest BCUT2D eigenvalue weighted by atomic mass is 35.5. The van der Waals surface area contributed by atoms with Gasteiger partial charge in [-0.25, -0.2) is 4.39 Å². The molecule has 2 rings (SSSR count). The Balaban J connectivity index is 2.49. The summed E-state index contributed by atoms with van der Waals surface area (Å²) in [5, 5.41) is 12.6. The van der Waals surface area contributed by atoms with E-state index < -0.39 is 5.82 Å². The van der Waals surface area contributed by atoms with E-state index in [2.05, 4.69) is 11.4 Å². The van der Waals surface area contributed by atoms with Crippen molar-refractivity contribution in [2.75, 3.05) is 11.6 Å². The molecule has 20 heavy (non-hydrogen) atoms. The monoisotopic (exact) mass is 326 g/mol. The second-order valence-electron chi connectivity index (χ2n) is 3.86. The summed E-state index contributed by atoms with van der Waals surface area (Å²) in [7, 11) is 0. The zero-order chi connectivity index (χ0) is 14.7. The largest absolute Gasteiger partial charge is 0.352 e. The third-order valence-electron chi connectivity index (χ3n) is 2.62. The van der Waals surface area contributed by atoms with Crippen LogP contribution in [0.2, 0.25) is 10.0 Å². The van der Waals surface area contributed by atoms with Crippen molar-refractivity contribution in [1.29, 1.82) is 5.26 Å². The van der Waals surface area contributed by atoms with Crippen LogP contribution in [0.15, 0.2) is 35.2 Å². The lowest BCUT2D eigenvalue weighted by atomic mass is 10.2. The number of hydrogen-bond acceptors (Lipinski definition) is 3. The van der Waals surface area contributed by atoms with Crippen molar-refractivity contribution in [3.8, 4) is 6.07 Å². The maximum Gasteiger partial charge on any atom is 0.126 e. The summed E-state index contributed by atoms with van der Waals surface area (Å²) in [6.07, 6.45) is 1.89. The minimum Gasteiger partial charge on any atom is -0.352 e. The van der Waals surface area contributed by atoms with Crippen molar-refractivity contribution in [2.45, 2.75) is 4.90 Å². The zero-order valence-electron chi connectivity index (χ0n) is 10.4. The van der Waals surface area contributed by atoms with Crippen LogP contribution in [0.3, 0.4) is 0 Å². The van der Waals surface area contributed by atoms with Crippen molar-refractivity contribution in [2.24, 2.45) is 0 Å². The molecule has 102 valence electrons. The topological polar surface area (TPSA) is 35.8 Å². The van der Waals surface area contributed by atoms with E-state index in [4.69, 9.17) is 23.2 Å². The lowest BCUT2D eigenvalue weighted by molar-refractivity contribution is 0.628. The average Bonchev–Trinajstić information content (AvgIpc) is 2.42. The normalized spacial score (nSPS) is 10.2. The van der Waals surface area contributed by atoms with Crippen molar-refractivity contribution >= 4 is 46.3 Å². The SMILES string of the molecule is CSc1cccc(Nc2c(Cl)cc(F)cc2Cl)c1C#N. The van der Waals surface area contributed by atoms with Crippen LogP contribution in [0.1, 0.15) is 5.56 Å². The zero-order valence-corrected chi connectivity index (χ0v) is 12.7. The molecule has 1 N–H and O–H groups in total. The van der Waals surface area contributed by atoms with Crippen LogP contribution in [0.4, 0.5) is 15.8 Å². The van der Waals surface area contributed by atoms with Crippen LogP contribution in [0.25, 0.3) is 0 Å². The second kappa shape index (κ2) is 6.36. The molecule has 0 saturated heterocycles. The molecule has 0 saturated carbocycles. The summed E-state index contributed by atoms with van der Waals surface area (Å²) in [5.41, 5.74) is 1.45. The number of benzene rings is 2. The van der Waals surface area contributed by atoms with Crippen LogP contribution >= 0.6 is 35.0 Å². The Morgan fingerprint density at radius 3 is 2.45 bits per heavy atom. The molecule has 0 bridgehead atoms. The van der Waals surface area contributed by atoms with Gasteiger partial charge in [0.2, 0.25) is 0 Å². The third-order valence-corrected chi connectivity index (χ3v) is 4.00. The Labute approximate surface area is 130 Å². The number of nitrogens with zero attached hydrogens (tertiary/aromatic N) is 1. The van der Waals surface area contributed by atoms with Crippen molar-refractivity contribution in [1.82, 2.24) is 0 Å². The van der Waals surface area contributed by atoms with Gasteiger partial charge < -0.3 is 5.32 Å². The molecular formula is C14H9Cl2FN2S. The maximum atomic E-state index is 13.2. The number of hydrogen-bond donors (Lipinski definition) is 1. The molecule has 2 nitrogen and oxygen atoms in total. The molecule has 0 spiro atoms. The van der Waals surface area contributed by atoms with Crippen molar-refractivity contribution in [3.63, 3.8) is 0 Å². The molecule has 0 aliphatic rings. The molecule has 0 aliphatic heterocycles. The van der Waals surface area contributed by atoms with E-state index in [1.807, 2.05) is 18.4 Å². The van der Waals surface area contributed by atoms with E-state index >= 15 is 0 Å². The van der Waals surface area contributed by atoms with Gasteiger partial charge in [0.1, 0.15) is 11.9 Å². The van der Waals surface area contributed by atoms with Gasteiger partial charge >= 0.3 is 0 Å². The highest BCUT2D eigenvalue weighted by Crippen LogP contribution is 2.36. The second-order valence-corrected chi connectivity index (χ2v) is 5.53. The molecule has 0 atom stereocenters. The summed E-state index contributed by atoms with van der Waals surface area (Å²) in [5.74, 6) is -0.510. The van der Waals surface area contributed by atoms with E-state index in [-0.39, 0.29) is 10.0 Å². The highest BCUT2D eigenvalue weighted by molar-refractivity contribution is 7.98. The van der Waals surface area contributed by atoms with E-state index in [0.29, 0.717) is 16.9 Å². The summed E-state index contributed by atoms with van der Waals surface area (Å²) >= 11 is 13.4. The van der Waals surface area contributed by atoms with Gasteiger partial charge in [0.25, 0.3) is 0 Å². The van der Waals surface area contributed by atoms with Gasteiger partial charge in [0.15, 0.2) is 0 Å². The summed E-state index contributed by atoms with van der Waals surface area (Å²) in [6, 6.07) is 9.89. The van der Waals surface area contributed by atoms with Gasteiger partial charge in [-0.15, -0.1) is 11.8 Å². The van der Waals surface area contributed by atoms with Crippen LogP contribution in [0.5, 0.6) is 0 Å². The van der Waals surface area contributed by atoms with Crippen LogP contribution in [0, 0.1) is 17.1 Å². The Morgan fingerprint density at radius 1 is 1.25 bits per heavy atom. The Kier molecular flexibility index (Phi) is 4.77. The summed E-state index contributed by atoms with van der Waals surface area (Å²) in [6.45, 7) is 0. The molecule has 2 aromatic rings. The number of anilines is 2. The smallest absolute Gasteiger partial charge is 0.126 e. The average molecular weight is 327 g/mol. The minimum atomic E-state index is -0.510. The Bertz CT molecular complexity index is 675. The number of thioether (sulfide) groups is 1. The van der Waals surface area contributed by atoms with Crippen LogP contribution in [-0.2, 0) is 0 Å². The minimum absolute atomic E-state index is 0.161. The van der Waals surface area contributed by atoms with Gasteiger partial charge in [0.05, 0.1) is 27.0 Å². The first-order valence-corrected chi connectivity index (χ1v) is 7.53. The number of rotatable bonds is 3. The molecule has 0 unspecified atom stereocenters. The fourth-order valence-electron chi connectivity index (χ4n) is 1.72. The van der Waals surface area contributed by atoms with Gasteiger partial charge in [-0.3, -0.25) is 0 Å². The molecule has 2 aromatic carbocycles. The lowest BCUT2D eigenvalue weighted by Crippen LogP contribution is -1.97. The van der Waals surface area contributed by atoms with Crippen LogP contribution in [-0.4, -0.2) is 6.26 Å². The van der Waals surface area contributed by atoms with Gasteiger partial charge in [-0.1, -0.05) is 29.3 Å². The lowest BCUT2D eigenvalue weighted by Gasteiger charge is -2.13. The number of halogens is 3. The molecule has 0 amide bonds. The molecular weight excluding hydrogens is 318 g/mol. The summed E-state index contributed by atoms with van der Waals surface area (Å²) in [4.78, 5) is 0.840. The first kappa shape index (κ1) is 15.0. The predicted molar refractivity (Wildman–Crippen MR) is 82.6 cm³/mol. The van der Waals surface area contributed by atoms with E-state index in [1.165, 1.54) is 23.9 Å². The molecule has 0 radical (unpaired) electrons. The number of nitriles is 1. The third kappa shape index (κ3) is 3.01. The van der Waals surface area contributed by atoms with E-state index in [0.717, 1.165) is 4.90 Å². The Hall–Kier alpha value is -1.41. The molecule has 0 aliphatic carbocycles. The van der Waals surface area contributed by atoms with Crippen LogP contribution < -0.4 is 5.32 Å². The van der Waals surface area contributed by atoms with E-state index in [9.17, 15) is 9.65 Å². The fraction of sp³-hybridized carbons (Fsp3) is 0.0714. The molecule has 0 fully saturated rings. The van der Waals surface area contributed by atoms with Gasteiger partial charge in [0, 0.05) is 4.90 Å². The van der Waals surface area contributed by atoms with Gasteiger partial charge in [-0.05, 0) is 30.5 Å². The highest BCUT2D eigenvalue weighted by Gasteiger charge is 2.12. The molecule has 6 heteroatoms. The van der Waals surface area contributed by atoms with Crippen molar-refractivity contribution in [3.05, 3.63) is 51.8 Å². The van der Waals surface area contributed by atoms with Crippen molar-refractivity contribution < 1.29 is 4.39 Å². The quantitative estimate of drug-likeness (QED) is 0.759. The molecule has 0 aromatic heterocycles. The molecule has 0 heterocycles. The first-order valence-electron chi connectivity index (χ1n) is 5.55. The van der Waals surface area contributed by atoms with E-state index in [1.54, 1.807) is 6.07 Å². The predicted octanol–water partition coefficient (Wildman–Crippen LogP) is 5.47. The fourth-order valence-corrected chi connectivity index (χ4v) is 2.85. The Morgan fingerprint density at radius 2 is 1.90 bits per heavy atom.